The normalized spacial score (nSPS) is 10.2. The van der Waals surface area contributed by atoms with Gasteiger partial charge in [-0.25, -0.2) is 0 Å². The summed E-state index contributed by atoms with van der Waals surface area (Å²) in [5.74, 6) is -0.0341. The number of aromatic amines is 1. The molecule has 0 aliphatic heterocycles. The molecule has 0 aliphatic carbocycles. The predicted octanol–water partition coefficient (Wildman–Crippen LogP) is -0.609. The van der Waals surface area contributed by atoms with Gasteiger partial charge in [0.1, 0.15) is 0 Å². The molecule has 0 fully saturated rings. The highest BCUT2D eigenvalue weighted by Crippen LogP contribution is 1.92. The van der Waals surface area contributed by atoms with Gasteiger partial charge in [0.25, 0.3) is 0 Å². The molecular weight excluding hydrogens is 196 g/mol. The number of H-pyrrole nitrogens is 1. The van der Waals surface area contributed by atoms with Gasteiger partial charge >= 0.3 is 0 Å². The molecule has 15 heavy (non-hydrogen) atoms. The van der Waals surface area contributed by atoms with E-state index in [4.69, 9.17) is 10.5 Å². The molecule has 0 unspecified atom stereocenters. The Hall–Kier alpha value is -1.40. The number of amides is 1. The van der Waals surface area contributed by atoms with Gasteiger partial charge in [-0.1, -0.05) is 0 Å². The third-order valence-electron chi connectivity index (χ3n) is 1.78. The van der Waals surface area contributed by atoms with Crippen LogP contribution in [0.5, 0.6) is 0 Å². The number of ether oxygens (including phenoxy) is 1. The topological polar surface area (TPSA) is 93.0 Å². The summed E-state index contributed by atoms with van der Waals surface area (Å²) in [7, 11) is 0. The predicted molar refractivity (Wildman–Crippen MR) is 54.9 cm³/mol. The lowest BCUT2D eigenvalue weighted by molar-refractivity contribution is -0.122. The van der Waals surface area contributed by atoms with Gasteiger partial charge in [-0.3, -0.25) is 9.89 Å². The molecule has 1 amide bonds. The summed E-state index contributed by atoms with van der Waals surface area (Å²) < 4.78 is 5.09. The number of nitrogens with two attached hydrogens (primary N) is 1. The highest BCUT2D eigenvalue weighted by Gasteiger charge is 2.01. The Morgan fingerprint density at radius 1 is 1.60 bits per heavy atom. The zero-order chi connectivity index (χ0) is 10.9. The molecule has 0 saturated carbocycles. The first-order valence-corrected chi connectivity index (χ1v) is 4.85. The van der Waals surface area contributed by atoms with E-state index in [9.17, 15) is 4.79 Å². The molecule has 0 radical (unpaired) electrons. The Labute approximate surface area is 88.2 Å². The van der Waals surface area contributed by atoms with Crippen molar-refractivity contribution in [2.45, 2.75) is 13.0 Å². The molecule has 0 saturated heterocycles. The third kappa shape index (κ3) is 5.14. The van der Waals surface area contributed by atoms with Crippen molar-refractivity contribution in [3.05, 3.63) is 18.0 Å². The van der Waals surface area contributed by atoms with E-state index in [-0.39, 0.29) is 5.91 Å². The molecule has 0 spiro atoms. The van der Waals surface area contributed by atoms with Crippen molar-refractivity contribution >= 4 is 5.91 Å². The van der Waals surface area contributed by atoms with Crippen molar-refractivity contribution in [3.63, 3.8) is 0 Å². The molecule has 1 aromatic rings. The smallest absolute Gasteiger partial charge is 0.222 e. The van der Waals surface area contributed by atoms with E-state index in [1.54, 1.807) is 12.4 Å². The van der Waals surface area contributed by atoms with Gasteiger partial charge in [-0.2, -0.15) is 5.10 Å². The van der Waals surface area contributed by atoms with Crippen molar-refractivity contribution in [1.82, 2.24) is 15.5 Å². The van der Waals surface area contributed by atoms with Crippen LogP contribution in [0.3, 0.4) is 0 Å². The van der Waals surface area contributed by atoms with Gasteiger partial charge in [0.2, 0.25) is 5.91 Å². The van der Waals surface area contributed by atoms with Crippen molar-refractivity contribution in [2.75, 3.05) is 19.8 Å². The quantitative estimate of drug-likeness (QED) is 0.526. The number of hydrogen-bond acceptors (Lipinski definition) is 4. The Morgan fingerprint density at radius 3 is 3.13 bits per heavy atom. The first-order chi connectivity index (χ1) is 7.33. The van der Waals surface area contributed by atoms with E-state index in [0.29, 0.717) is 32.7 Å². The summed E-state index contributed by atoms with van der Waals surface area (Å²) in [6.07, 6.45) is 3.77. The molecule has 0 aromatic carbocycles. The number of rotatable bonds is 7. The maximum absolute atomic E-state index is 11.2. The van der Waals surface area contributed by atoms with Crippen LogP contribution in [0.15, 0.2) is 12.4 Å². The highest BCUT2D eigenvalue weighted by molar-refractivity contribution is 5.75. The Balaban J connectivity index is 2.04. The standard InChI is InChI=1S/C9H16N4O2/c10-2-4-15-3-1-9(14)11-5-8-6-12-13-7-8/h6-7H,1-5,10H2,(H,11,14)(H,12,13). The van der Waals surface area contributed by atoms with E-state index < -0.39 is 0 Å². The third-order valence-corrected chi connectivity index (χ3v) is 1.78. The molecule has 1 aromatic heterocycles. The van der Waals surface area contributed by atoms with Gasteiger partial charge in [0, 0.05) is 31.3 Å². The lowest BCUT2D eigenvalue weighted by Crippen LogP contribution is -2.24. The van der Waals surface area contributed by atoms with E-state index in [2.05, 4.69) is 15.5 Å². The van der Waals surface area contributed by atoms with Gasteiger partial charge in [0.15, 0.2) is 0 Å². The molecular formula is C9H16N4O2. The van der Waals surface area contributed by atoms with Gasteiger partial charge in [-0.15, -0.1) is 0 Å². The maximum Gasteiger partial charge on any atom is 0.222 e. The summed E-state index contributed by atoms with van der Waals surface area (Å²) in [6.45, 7) is 1.88. The molecule has 84 valence electrons. The van der Waals surface area contributed by atoms with Crippen LogP contribution in [0.1, 0.15) is 12.0 Å². The summed E-state index contributed by atoms with van der Waals surface area (Å²) in [5, 5.41) is 9.20. The van der Waals surface area contributed by atoms with Gasteiger partial charge in [0.05, 0.1) is 19.4 Å². The molecule has 0 atom stereocenters. The zero-order valence-corrected chi connectivity index (χ0v) is 8.53. The number of carbonyl (C=O) groups excluding carboxylic acids is 1. The molecule has 6 nitrogen and oxygen atoms in total. The molecule has 0 aliphatic rings. The van der Waals surface area contributed by atoms with Crippen LogP contribution in [0.4, 0.5) is 0 Å². The Kier molecular flexibility index (Phi) is 5.42. The maximum atomic E-state index is 11.2. The molecule has 1 rings (SSSR count). The number of nitrogens with one attached hydrogen (secondary N) is 2. The van der Waals surface area contributed by atoms with Gasteiger partial charge < -0.3 is 15.8 Å². The Bertz CT molecular complexity index is 274. The van der Waals surface area contributed by atoms with Crippen molar-refractivity contribution in [3.8, 4) is 0 Å². The first-order valence-electron chi connectivity index (χ1n) is 4.85. The fourth-order valence-electron chi connectivity index (χ4n) is 1.01. The minimum absolute atomic E-state index is 0.0341. The minimum Gasteiger partial charge on any atom is -0.380 e. The lowest BCUT2D eigenvalue weighted by Gasteiger charge is -2.03. The minimum atomic E-state index is -0.0341. The summed E-state index contributed by atoms with van der Waals surface area (Å²) in [6, 6.07) is 0. The molecule has 6 heteroatoms. The van der Waals surface area contributed by atoms with Crippen LogP contribution in [-0.2, 0) is 16.1 Å². The van der Waals surface area contributed by atoms with E-state index in [1.165, 1.54) is 0 Å². The first kappa shape index (κ1) is 11.7. The van der Waals surface area contributed by atoms with Crippen molar-refractivity contribution in [2.24, 2.45) is 5.73 Å². The second-order valence-electron chi connectivity index (χ2n) is 3.03. The van der Waals surface area contributed by atoms with Crippen LogP contribution in [0.25, 0.3) is 0 Å². The van der Waals surface area contributed by atoms with Crippen LogP contribution < -0.4 is 11.1 Å². The lowest BCUT2D eigenvalue weighted by atomic mass is 10.3. The van der Waals surface area contributed by atoms with Crippen LogP contribution in [0, 0.1) is 0 Å². The van der Waals surface area contributed by atoms with E-state index in [0.717, 1.165) is 5.56 Å². The largest absolute Gasteiger partial charge is 0.380 e. The van der Waals surface area contributed by atoms with E-state index in [1.807, 2.05) is 0 Å². The average molecular weight is 212 g/mol. The second kappa shape index (κ2) is 6.97. The molecule has 4 N–H and O–H groups in total. The summed E-state index contributed by atoms with van der Waals surface area (Å²) in [5.41, 5.74) is 6.18. The highest BCUT2D eigenvalue weighted by atomic mass is 16.5. The summed E-state index contributed by atoms with van der Waals surface area (Å²) >= 11 is 0. The van der Waals surface area contributed by atoms with Crippen LogP contribution in [0.2, 0.25) is 0 Å². The fourth-order valence-corrected chi connectivity index (χ4v) is 1.01. The molecule has 0 bridgehead atoms. The second-order valence-corrected chi connectivity index (χ2v) is 3.03. The van der Waals surface area contributed by atoms with Crippen LogP contribution >= 0.6 is 0 Å². The number of carbonyl (C=O) groups is 1. The summed E-state index contributed by atoms with van der Waals surface area (Å²) in [4.78, 5) is 11.2. The fraction of sp³-hybridized carbons (Fsp3) is 0.556. The zero-order valence-electron chi connectivity index (χ0n) is 8.53. The van der Waals surface area contributed by atoms with E-state index >= 15 is 0 Å². The Morgan fingerprint density at radius 2 is 2.47 bits per heavy atom. The van der Waals surface area contributed by atoms with Crippen molar-refractivity contribution in [1.29, 1.82) is 0 Å². The average Bonchev–Trinajstić information content (AvgIpc) is 2.74. The van der Waals surface area contributed by atoms with Gasteiger partial charge in [-0.05, 0) is 0 Å². The monoisotopic (exact) mass is 212 g/mol. The number of nitrogens with zero attached hydrogens (tertiary/aromatic N) is 1. The molecule has 1 heterocycles. The van der Waals surface area contributed by atoms with Crippen LogP contribution in [-0.4, -0.2) is 35.9 Å². The number of hydrogen-bond donors (Lipinski definition) is 3. The SMILES string of the molecule is NCCOCCC(=O)NCc1cn[nH]c1. The number of aromatic nitrogens is 2. The van der Waals surface area contributed by atoms with Crippen molar-refractivity contribution < 1.29 is 9.53 Å².